The molecule has 1 N–H and O–H groups in total. The summed E-state index contributed by atoms with van der Waals surface area (Å²) in [7, 11) is 0. The van der Waals surface area contributed by atoms with Crippen LogP contribution in [0.1, 0.15) is 43.5 Å². The van der Waals surface area contributed by atoms with Gasteiger partial charge in [-0.2, -0.15) is 0 Å². The Morgan fingerprint density at radius 2 is 1.88 bits per heavy atom. The second-order valence-corrected chi connectivity index (χ2v) is 7.95. The SMILES string of the molecule is C[C@H](NC(=O)c1cccc(Cl)c1Cl)C(=O)N1CC[C@H](N2CCCC2)[C@@H]1C. The fourth-order valence-electron chi connectivity index (χ4n) is 4.06. The first-order chi connectivity index (χ1) is 12.4. The summed E-state index contributed by atoms with van der Waals surface area (Å²) < 4.78 is 0. The van der Waals surface area contributed by atoms with Crippen molar-refractivity contribution in [2.45, 2.75) is 51.2 Å². The Balaban J connectivity index is 1.62. The van der Waals surface area contributed by atoms with Crippen molar-refractivity contribution in [3.05, 3.63) is 33.8 Å². The molecule has 2 aliphatic rings. The van der Waals surface area contributed by atoms with Gasteiger partial charge in [0.05, 0.1) is 15.6 Å². The first-order valence-corrected chi connectivity index (χ1v) is 9.95. The Bertz CT molecular complexity index is 691. The molecule has 0 aliphatic carbocycles. The third-order valence-electron chi connectivity index (χ3n) is 5.52. The molecule has 26 heavy (non-hydrogen) atoms. The lowest BCUT2D eigenvalue weighted by atomic mass is 10.1. The van der Waals surface area contributed by atoms with Crippen molar-refractivity contribution >= 4 is 35.0 Å². The Hall–Kier alpha value is -1.30. The number of hydrogen-bond acceptors (Lipinski definition) is 3. The summed E-state index contributed by atoms with van der Waals surface area (Å²) in [6.45, 7) is 6.80. The molecule has 0 spiro atoms. The van der Waals surface area contributed by atoms with Crippen LogP contribution in [0.2, 0.25) is 10.0 Å². The lowest BCUT2D eigenvalue weighted by Gasteiger charge is -2.31. The van der Waals surface area contributed by atoms with Crippen molar-refractivity contribution < 1.29 is 9.59 Å². The highest BCUT2D eigenvalue weighted by Crippen LogP contribution is 2.27. The van der Waals surface area contributed by atoms with Crippen LogP contribution in [0, 0.1) is 0 Å². The number of amides is 2. The number of nitrogens with one attached hydrogen (secondary N) is 1. The molecule has 3 atom stereocenters. The summed E-state index contributed by atoms with van der Waals surface area (Å²) in [5, 5.41) is 3.28. The quantitative estimate of drug-likeness (QED) is 0.848. The van der Waals surface area contributed by atoms with Gasteiger partial charge in [-0.25, -0.2) is 0 Å². The van der Waals surface area contributed by atoms with E-state index in [1.165, 1.54) is 12.8 Å². The van der Waals surface area contributed by atoms with E-state index in [4.69, 9.17) is 23.2 Å². The monoisotopic (exact) mass is 397 g/mol. The van der Waals surface area contributed by atoms with E-state index in [0.717, 1.165) is 26.1 Å². The number of hydrogen-bond donors (Lipinski definition) is 1. The molecule has 2 aliphatic heterocycles. The number of carbonyl (C=O) groups excluding carboxylic acids is 2. The highest BCUT2D eigenvalue weighted by Gasteiger charge is 2.39. The zero-order valence-electron chi connectivity index (χ0n) is 15.2. The molecule has 7 heteroatoms. The van der Waals surface area contributed by atoms with Gasteiger partial charge in [0.2, 0.25) is 5.91 Å². The Morgan fingerprint density at radius 3 is 2.58 bits per heavy atom. The molecule has 2 fully saturated rings. The minimum Gasteiger partial charge on any atom is -0.340 e. The van der Waals surface area contributed by atoms with Gasteiger partial charge >= 0.3 is 0 Å². The molecule has 0 unspecified atom stereocenters. The predicted octanol–water partition coefficient (Wildman–Crippen LogP) is 3.20. The molecule has 5 nitrogen and oxygen atoms in total. The first-order valence-electron chi connectivity index (χ1n) is 9.19. The smallest absolute Gasteiger partial charge is 0.253 e. The van der Waals surface area contributed by atoms with Gasteiger partial charge in [-0.1, -0.05) is 29.3 Å². The van der Waals surface area contributed by atoms with Crippen LogP contribution >= 0.6 is 23.2 Å². The normalized spacial score (nSPS) is 24.7. The standard InChI is InChI=1S/C19H25Cl2N3O2/c1-12(22-18(25)14-6-5-7-15(20)17(14)21)19(26)24-11-8-16(13(24)2)23-9-3-4-10-23/h5-7,12-13,16H,3-4,8-11H2,1-2H3,(H,22,25)/t12-,13-,16-/m0/s1. The van der Waals surface area contributed by atoms with Crippen LogP contribution in [0.4, 0.5) is 0 Å². The average Bonchev–Trinajstić information content (AvgIpc) is 3.25. The van der Waals surface area contributed by atoms with Gasteiger partial charge < -0.3 is 10.2 Å². The van der Waals surface area contributed by atoms with Crippen molar-refractivity contribution in [3.8, 4) is 0 Å². The van der Waals surface area contributed by atoms with Crippen molar-refractivity contribution in [1.29, 1.82) is 0 Å². The van der Waals surface area contributed by atoms with Gasteiger partial charge in [-0.15, -0.1) is 0 Å². The van der Waals surface area contributed by atoms with Crippen LogP contribution < -0.4 is 5.32 Å². The second-order valence-electron chi connectivity index (χ2n) is 7.17. The minimum absolute atomic E-state index is 0.0503. The molecule has 2 saturated heterocycles. The number of rotatable bonds is 4. The minimum atomic E-state index is -0.614. The summed E-state index contributed by atoms with van der Waals surface area (Å²) in [5.74, 6) is -0.438. The van der Waals surface area contributed by atoms with E-state index >= 15 is 0 Å². The molecule has 2 heterocycles. The van der Waals surface area contributed by atoms with Crippen LogP contribution in [-0.4, -0.2) is 59.4 Å². The van der Waals surface area contributed by atoms with Crippen molar-refractivity contribution in [2.24, 2.45) is 0 Å². The van der Waals surface area contributed by atoms with E-state index in [9.17, 15) is 9.59 Å². The third kappa shape index (κ3) is 3.85. The Morgan fingerprint density at radius 1 is 1.19 bits per heavy atom. The number of likely N-dealkylation sites (tertiary alicyclic amines) is 2. The van der Waals surface area contributed by atoms with Gasteiger partial charge in [0.1, 0.15) is 6.04 Å². The van der Waals surface area contributed by atoms with Crippen molar-refractivity contribution in [3.63, 3.8) is 0 Å². The fourth-order valence-corrected chi connectivity index (χ4v) is 4.45. The second kappa shape index (κ2) is 8.15. The largest absolute Gasteiger partial charge is 0.340 e. The molecular formula is C19H25Cl2N3O2. The Kier molecular flexibility index (Phi) is 6.10. The van der Waals surface area contributed by atoms with Gasteiger partial charge in [-0.3, -0.25) is 14.5 Å². The molecular weight excluding hydrogens is 373 g/mol. The van der Waals surface area contributed by atoms with Crippen LogP contribution in [0.15, 0.2) is 18.2 Å². The van der Waals surface area contributed by atoms with Crippen molar-refractivity contribution in [1.82, 2.24) is 15.1 Å². The van der Waals surface area contributed by atoms with E-state index in [1.807, 2.05) is 4.90 Å². The zero-order valence-corrected chi connectivity index (χ0v) is 16.7. The molecule has 2 amide bonds. The van der Waals surface area contributed by atoms with E-state index in [0.29, 0.717) is 11.1 Å². The van der Waals surface area contributed by atoms with Crippen molar-refractivity contribution in [2.75, 3.05) is 19.6 Å². The van der Waals surface area contributed by atoms with Crippen LogP contribution in [0.25, 0.3) is 0 Å². The predicted molar refractivity (Wildman–Crippen MR) is 104 cm³/mol. The summed E-state index contributed by atoms with van der Waals surface area (Å²) in [5.41, 5.74) is 0.281. The number of benzene rings is 1. The fraction of sp³-hybridized carbons (Fsp3) is 0.579. The number of halogens is 2. The summed E-state index contributed by atoms with van der Waals surface area (Å²) in [6.07, 6.45) is 3.47. The lowest BCUT2D eigenvalue weighted by Crippen LogP contribution is -2.50. The van der Waals surface area contributed by atoms with Gasteiger partial charge in [-0.05, 0) is 58.3 Å². The maximum Gasteiger partial charge on any atom is 0.253 e. The van der Waals surface area contributed by atoms with Gasteiger partial charge in [0.15, 0.2) is 0 Å². The van der Waals surface area contributed by atoms with E-state index in [1.54, 1.807) is 25.1 Å². The Labute approximate surface area is 164 Å². The molecule has 142 valence electrons. The highest BCUT2D eigenvalue weighted by atomic mass is 35.5. The van der Waals surface area contributed by atoms with E-state index in [-0.39, 0.29) is 28.4 Å². The zero-order chi connectivity index (χ0) is 18.8. The van der Waals surface area contributed by atoms with E-state index < -0.39 is 6.04 Å². The summed E-state index contributed by atoms with van der Waals surface area (Å²) in [6, 6.07) is 4.86. The van der Waals surface area contributed by atoms with E-state index in [2.05, 4.69) is 17.1 Å². The third-order valence-corrected chi connectivity index (χ3v) is 6.34. The number of carbonyl (C=O) groups is 2. The lowest BCUT2D eigenvalue weighted by molar-refractivity contribution is -0.133. The van der Waals surface area contributed by atoms with Gasteiger partial charge in [0, 0.05) is 18.6 Å². The highest BCUT2D eigenvalue weighted by molar-refractivity contribution is 6.43. The van der Waals surface area contributed by atoms with Crippen LogP contribution in [0.3, 0.4) is 0 Å². The summed E-state index contributed by atoms with van der Waals surface area (Å²) >= 11 is 12.1. The maximum atomic E-state index is 12.9. The van der Waals surface area contributed by atoms with Gasteiger partial charge in [0.25, 0.3) is 5.91 Å². The first kappa shape index (κ1) is 19.5. The number of nitrogens with zero attached hydrogens (tertiary/aromatic N) is 2. The molecule has 1 aromatic carbocycles. The molecule has 0 aromatic heterocycles. The topological polar surface area (TPSA) is 52.7 Å². The molecule has 0 saturated carbocycles. The van der Waals surface area contributed by atoms with Crippen LogP contribution in [0.5, 0.6) is 0 Å². The molecule has 0 radical (unpaired) electrons. The maximum absolute atomic E-state index is 12.9. The summed E-state index contributed by atoms with van der Waals surface area (Å²) in [4.78, 5) is 29.7. The molecule has 1 aromatic rings. The average molecular weight is 398 g/mol. The molecule has 3 rings (SSSR count). The van der Waals surface area contributed by atoms with Crippen LogP contribution in [-0.2, 0) is 4.79 Å². The molecule has 0 bridgehead atoms.